The Morgan fingerprint density at radius 2 is 1.52 bits per heavy atom. The number of hydrogen-bond acceptors (Lipinski definition) is 6. The number of aromatic nitrogens is 2. The Morgan fingerprint density at radius 3 is 2.10 bits per heavy atom. The number of carbonyl (C=O) groups excluding carboxylic acids is 1. The molecule has 0 bridgehead atoms. The van der Waals surface area contributed by atoms with Crippen molar-refractivity contribution in [2.24, 2.45) is 0 Å². The van der Waals surface area contributed by atoms with Crippen LogP contribution in [0.2, 0.25) is 0 Å². The Bertz CT molecular complexity index is 1000. The van der Waals surface area contributed by atoms with Crippen molar-refractivity contribution in [3.05, 3.63) is 36.4 Å². The van der Waals surface area contributed by atoms with Crippen molar-refractivity contribution in [3.63, 3.8) is 0 Å². The van der Waals surface area contributed by atoms with E-state index in [1.165, 1.54) is 0 Å². The zero-order valence-corrected chi connectivity index (χ0v) is 17.9. The van der Waals surface area contributed by atoms with Crippen LogP contribution in [0.15, 0.2) is 36.4 Å². The first-order chi connectivity index (χ1) is 13.9. The Hall–Kier alpha value is -2.77. The van der Waals surface area contributed by atoms with Crippen LogP contribution in [0.4, 0.5) is 11.6 Å². The van der Waals surface area contributed by atoms with Gasteiger partial charge in [-0.05, 0) is 51.1 Å². The minimum atomic E-state index is -0.0380. The molecule has 1 heterocycles. The minimum absolute atomic E-state index is 0.0380. The van der Waals surface area contributed by atoms with Crippen molar-refractivity contribution in [1.82, 2.24) is 20.0 Å². The molecule has 154 valence electrons. The summed E-state index contributed by atoms with van der Waals surface area (Å²) in [5.41, 5.74) is 0. The molecule has 29 heavy (non-hydrogen) atoms. The van der Waals surface area contributed by atoms with Gasteiger partial charge in [0.05, 0.1) is 0 Å². The molecule has 7 nitrogen and oxygen atoms in total. The highest BCUT2D eigenvalue weighted by Crippen LogP contribution is 2.32. The molecular weight excluding hydrogens is 364 g/mol. The van der Waals surface area contributed by atoms with Crippen LogP contribution in [0.25, 0.3) is 21.5 Å². The molecule has 0 spiro atoms. The maximum atomic E-state index is 12.4. The fourth-order valence-corrected chi connectivity index (χ4v) is 3.27. The monoisotopic (exact) mass is 394 g/mol. The second kappa shape index (κ2) is 9.15. The third kappa shape index (κ3) is 4.99. The molecule has 1 aromatic heterocycles. The Kier molecular flexibility index (Phi) is 6.61. The fraction of sp³-hybridized carbons (Fsp3) is 0.409. The zero-order chi connectivity index (χ0) is 21.0. The van der Waals surface area contributed by atoms with Gasteiger partial charge in [-0.1, -0.05) is 24.3 Å². The maximum Gasteiger partial charge on any atom is 0.225 e. The molecule has 1 N–H and O–H groups in total. The third-order valence-electron chi connectivity index (χ3n) is 4.88. The van der Waals surface area contributed by atoms with Gasteiger partial charge < -0.3 is 15.1 Å². The largest absolute Gasteiger partial charge is 0.367 e. The summed E-state index contributed by atoms with van der Waals surface area (Å²) in [6, 6.07) is 12.5. The van der Waals surface area contributed by atoms with Gasteiger partial charge in [-0.2, -0.15) is 0 Å². The number of nitrogens with one attached hydrogen (secondary N) is 1. The Balaban J connectivity index is 2.12. The van der Waals surface area contributed by atoms with E-state index in [4.69, 9.17) is 0 Å². The van der Waals surface area contributed by atoms with Crippen LogP contribution in [-0.2, 0) is 4.79 Å². The van der Waals surface area contributed by atoms with Crippen LogP contribution in [-0.4, -0.2) is 80.3 Å². The van der Waals surface area contributed by atoms with Crippen molar-refractivity contribution in [2.75, 3.05) is 64.6 Å². The molecule has 7 heteroatoms. The van der Waals surface area contributed by atoms with Crippen LogP contribution < -0.4 is 10.2 Å². The lowest BCUT2D eigenvalue weighted by Crippen LogP contribution is -2.36. The van der Waals surface area contributed by atoms with Crippen LogP contribution in [0.5, 0.6) is 0 Å². The standard InChI is InChI=1S/C22H30N6O/c1-16(29)28(13-12-27(4)5)22-20-15-18-9-7-6-8-17(18)14-19(20)21(24-25-22)23-10-11-26(2)3/h6-9,14-15H,10-13H2,1-5H3,(H,23,24). The number of likely N-dealkylation sites (N-methyl/N-ethyl adjacent to an activating group) is 2. The summed E-state index contributed by atoms with van der Waals surface area (Å²) < 4.78 is 0. The van der Waals surface area contributed by atoms with E-state index < -0.39 is 0 Å². The SMILES string of the molecule is CC(=O)N(CCN(C)C)c1nnc(NCCN(C)C)c2cc3ccccc3cc12. The number of rotatable bonds is 8. The van der Waals surface area contributed by atoms with Gasteiger partial charge in [-0.25, -0.2) is 0 Å². The van der Waals surface area contributed by atoms with E-state index in [9.17, 15) is 4.79 Å². The summed E-state index contributed by atoms with van der Waals surface area (Å²) >= 11 is 0. The first-order valence-electron chi connectivity index (χ1n) is 9.87. The minimum Gasteiger partial charge on any atom is -0.367 e. The molecule has 0 saturated heterocycles. The summed E-state index contributed by atoms with van der Waals surface area (Å²) in [6.45, 7) is 4.54. The molecule has 3 aromatic rings. The Morgan fingerprint density at radius 1 is 0.897 bits per heavy atom. The molecule has 0 radical (unpaired) electrons. The van der Waals surface area contributed by atoms with E-state index >= 15 is 0 Å². The summed E-state index contributed by atoms with van der Waals surface area (Å²) in [5.74, 6) is 1.31. The van der Waals surface area contributed by atoms with Crippen molar-refractivity contribution in [1.29, 1.82) is 0 Å². The fourth-order valence-electron chi connectivity index (χ4n) is 3.27. The zero-order valence-electron chi connectivity index (χ0n) is 17.9. The molecule has 1 amide bonds. The van der Waals surface area contributed by atoms with E-state index in [0.29, 0.717) is 12.4 Å². The van der Waals surface area contributed by atoms with Crippen LogP contribution in [0.3, 0.4) is 0 Å². The van der Waals surface area contributed by atoms with E-state index in [0.717, 1.165) is 47.0 Å². The highest BCUT2D eigenvalue weighted by Gasteiger charge is 2.19. The maximum absolute atomic E-state index is 12.4. The topological polar surface area (TPSA) is 64.6 Å². The molecule has 0 aliphatic rings. The molecule has 0 aliphatic carbocycles. The summed E-state index contributed by atoms with van der Waals surface area (Å²) in [6.07, 6.45) is 0. The lowest BCUT2D eigenvalue weighted by atomic mass is 10.0. The second-order valence-corrected chi connectivity index (χ2v) is 7.82. The van der Waals surface area contributed by atoms with Gasteiger partial charge >= 0.3 is 0 Å². The van der Waals surface area contributed by atoms with Crippen LogP contribution in [0, 0.1) is 0 Å². The summed E-state index contributed by atoms with van der Waals surface area (Å²) in [4.78, 5) is 18.3. The van der Waals surface area contributed by atoms with Gasteiger partial charge in [-0.15, -0.1) is 10.2 Å². The third-order valence-corrected chi connectivity index (χ3v) is 4.88. The van der Waals surface area contributed by atoms with Crippen molar-refractivity contribution in [2.45, 2.75) is 6.92 Å². The Labute approximate surface area is 172 Å². The number of carbonyl (C=O) groups is 1. The van der Waals surface area contributed by atoms with E-state index in [-0.39, 0.29) is 5.91 Å². The highest BCUT2D eigenvalue weighted by atomic mass is 16.2. The number of fused-ring (bicyclic) bond motifs is 2. The first-order valence-corrected chi connectivity index (χ1v) is 9.87. The molecule has 0 fully saturated rings. The number of amides is 1. The van der Waals surface area contributed by atoms with Crippen LogP contribution in [0.1, 0.15) is 6.92 Å². The van der Waals surface area contributed by atoms with Gasteiger partial charge in [0.25, 0.3) is 0 Å². The van der Waals surface area contributed by atoms with Gasteiger partial charge in [0, 0.05) is 43.9 Å². The summed E-state index contributed by atoms with van der Waals surface area (Å²) in [5, 5.41) is 16.5. The van der Waals surface area contributed by atoms with E-state index in [1.807, 2.05) is 40.3 Å². The highest BCUT2D eigenvalue weighted by molar-refractivity contribution is 6.09. The normalized spacial score (nSPS) is 11.6. The molecule has 0 saturated carbocycles. The molecule has 0 aliphatic heterocycles. The van der Waals surface area contributed by atoms with Crippen LogP contribution >= 0.6 is 0 Å². The second-order valence-electron chi connectivity index (χ2n) is 7.82. The van der Waals surface area contributed by atoms with Crippen molar-refractivity contribution >= 4 is 39.1 Å². The predicted molar refractivity (Wildman–Crippen MR) is 121 cm³/mol. The molecule has 0 atom stereocenters. The van der Waals surface area contributed by atoms with Crippen molar-refractivity contribution < 1.29 is 4.79 Å². The molecule has 2 aromatic carbocycles. The average Bonchev–Trinajstić information content (AvgIpc) is 2.67. The van der Waals surface area contributed by atoms with Gasteiger partial charge in [0.2, 0.25) is 5.91 Å². The molecular formula is C22H30N6O. The smallest absolute Gasteiger partial charge is 0.225 e. The van der Waals surface area contributed by atoms with Crippen molar-refractivity contribution in [3.8, 4) is 0 Å². The average molecular weight is 395 g/mol. The summed E-state index contributed by atoms with van der Waals surface area (Å²) in [7, 11) is 8.07. The van der Waals surface area contributed by atoms with E-state index in [2.05, 4.69) is 49.6 Å². The quantitative estimate of drug-likeness (QED) is 0.593. The van der Waals surface area contributed by atoms with Gasteiger partial charge in [0.15, 0.2) is 11.6 Å². The number of hydrogen-bond donors (Lipinski definition) is 1. The first kappa shape index (κ1) is 21.0. The molecule has 3 rings (SSSR count). The van der Waals surface area contributed by atoms with Gasteiger partial charge in [-0.3, -0.25) is 9.69 Å². The number of anilines is 2. The van der Waals surface area contributed by atoms with Gasteiger partial charge in [0.1, 0.15) is 0 Å². The molecule has 0 unspecified atom stereocenters. The predicted octanol–water partition coefficient (Wildman–Crippen LogP) is 2.67. The number of nitrogens with zero attached hydrogens (tertiary/aromatic N) is 5. The van der Waals surface area contributed by atoms with E-state index in [1.54, 1.807) is 11.8 Å². The lowest BCUT2D eigenvalue weighted by Gasteiger charge is -2.24. The lowest BCUT2D eigenvalue weighted by molar-refractivity contribution is -0.116. The number of benzene rings is 2.